The Labute approximate surface area is 154 Å². The van der Waals surface area contributed by atoms with Crippen molar-refractivity contribution in [1.82, 2.24) is 0 Å². The standard InChI is InChI=1S/C24H22O2/c1-17(25)23(19-11-5-3-6-12-19)21-15-9-10-16-22(21)24(18(2)26)20-13-7-4-8-14-20/h3-16,23-24H,1-2H3. The Bertz CT molecular complexity index is 821. The van der Waals surface area contributed by atoms with Crippen LogP contribution in [0.5, 0.6) is 0 Å². The van der Waals surface area contributed by atoms with E-state index in [9.17, 15) is 9.59 Å². The molecular formula is C24H22O2. The third kappa shape index (κ3) is 3.65. The van der Waals surface area contributed by atoms with Crippen LogP contribution in [0.4, 0.5) is 0 Å². The van der Waals surface area contributed by atoms with E-state index in [0.717, 1.165) is 22.3 Å². The first-order chi connectivity index (χ1) is 12.6. The van der Waals surface area contributed by atoms with Gasteiger partial charge in [0.1, 0.15) is 11.6 Å². The highest BCUT2D eigenvalue weighted by Gasteiger charge is 2.27. The van der Waals surface area contributed by atoms with Gasteiger partial charge in [-0.1, -0.05) is 84.9 Å². The van der Waals surface area contributed by atoms with Gasteiger partial charge in [-0.3, -0.25) is 9.59 Å². The Balaban J connectivity index is 2.18. The number of Topliss-reactive ketones (excluding diaryl/α,β-unsaturated/α-hetero) is 2. The van der Waals surface area contributed by atoms with Gasteiger partial charge >= 0.3 is 0 Å². The molecule has 2 nitrogen and oxygen atoms in total. The average Bonchev–Trinajstić information content (AvgIpc) is 2.65. The summed E-state index contributed by atoms with van der Waals surface area (Å²) in [5.74, 6) is -0.617. The van der Waals surface area contributed by atoms with Gasteiger partial charge in [0.15, 0.2) is 0 Å². The predicted molar refractivity (Wildman–Crippen MR) is 104 cm³/mol. The van der Waals surface area contributed by atoms with Crippen LogP contribution in [0.15, 0.2) is 84.9 Å². The molecule has 0 fully saturated rings. The first-order valence-electron chi connectivity index (χ1n) is 8.79. The first kappa shape index (κ1) is 17.8. The fraction of sp³-hybridized carbons (Fsp3) is 0.167. The molecule has 26 heavy (non-hydrogen) atoms. The zero-order chi connectivity index (χ0) is 18.5. The molecule has 0 heterocycles. The molecule has 2 unspecified atom stereocenters. The molecular weight excluding hydrogens is 320 g/mol. The molecule has 0 saturated carbocycles. The summed E-state index contributed by atoms with van der Waals surface area (Å²) in [5, 5.41) is 0. The number of hydrogen-bond acceptors (Lipinski definition) is 2. The molecule has 130 valence electrons. The van der Waals surface area contributed by atoms with E-state index in [1.54, 1.807) is 13.8 Å². The highest BCUT2D eigenvalue weighted by molar-refractivity contribution is 5.91. The lowest BCUT2D eigenvalue weighted by atomic mass is 9.78. The molecule has 0 aromatic heterocycles. The van der Waals surface area contributed by atoms with Gasteiger partial charge in [-0.05, 0) is 36.1 Å². The van der Waals surface area contributed by atoms with Crippen LogP contribution in [-0.4, -0.2) is 11.6 Å². The van der Waals surface area contributed by atoms with Crippen molar-refractivity contribution < 1.29 is 9.59 Å². The maximum Gasteiger partial charge on any atom is 0.141 e. The van der Waals surface area contributed by atoms with Gasteiger partial charge in [0.25, 0.3) is 0 Å². The van der Waals surface area contributed by atoms with Crippen LogP contribution >= 0.6 is 0 Å². The molecule has 2 heteroatoms. The highest BCUT2D eigenvalue weighted by Crippen LogP contribution is 2.35. The van der Waals surface area contributed by atoms with Gasteiger partial charge < -0.3 is 0 Å². The van der Waals surface area contributed by atoms with Gasteiger partial charge in [0.05, 0.1) is 11.8 Å². The SMILES string of the molecule is CC(=O)C(c1ccccc1)c1ccccc1C(C(C)=O)c1ccccc1. The number of carbonyl (C=O) groups excluding carboxylic acids is 2. The predicted octanol–water partition coefficient (Wildman–Crippen LogP) is 5.13. The zero-order valence-electron chi connectivity index (χ0n) is 15.1. The van der Waals surface area contributed by atoms with Crippen LogP contribution in [-0.2, 0) is 9.59 Å². The van der Waals surface area contributed by atoms with Crippen molar-refractivity contribution in [3.05, 3.63) is 107 Å². The summed E-state index contributed by atoms with van der Waals surface area (Å²) in [6.07, 6.45) is 0. The van der Waals surface area contributed by atoms with E-state index in [-0.39, 0.29) is 23.4 Å². The normalized spacial score (nSPS) is 13.0. The smallest absolute Gasteiger partial charge is 0.141 e. The Morgan fingerprint density at radius 2 is 0.846 bits per heavy atom. The topological polar surface area (TPSA) is 34.1 Å². The number of hydrogen-bond donors (Lipinski definition) is 0. The number of rotatable bonds is 6. The second kappa shape index (κ2) is 7.92. The average molecular weight is 342 g/mol. The largest absolute Gasteiger partial charge is 0.299 e. The van der Waals surface area contributed by atoms with Gasteiger partial charge in [-0.25, -0.2) is 0 Å². The number of ketones is 2. The van der Waals surface area contributed by atoms with Gasteiger partial charge in [0, 0.05) is 0 Å². The van der Waals surface area contributed by atoms with Crippen molar-refractivity contribution >= 4 is 11.6 Å². The van der Waals surface area contributed by atoms with E-state index in [1.165, 1.54) is 0 Å². The van der Waals surface area contributed by atoms with Crippen molar-refractivity contribution in [2.24, 2.45) is 0 Å². The molecule has 0 aliphatic carbocycles. The fourth-order valence-electron chi connectivity index (χ4n) is 3.59. The Morgan fingerprint density at radius 3 is 1.15 bits per heavy atom. The van der Waals surface area contributed by atoms with Crippen LogP contribution in [0.2, 0.25) is 0 Å². The minimum absolute atomic E-state index is 0.0685. The molecule has 2 atom stereocenters. The fourth-order valence-corrected chi connectivity index (χ4v) is 3.59. The van der Waals surface area contributed by atoms with E-state index in [2.05, 4.69) is 0 Å². The van der Waals surface area contributed by atoms with Crippen LogP contribution in [0.25, 0.3) is 0 Å². The third-order valence-electron chi connectivity index (χ3n) is 4.70. The van der Waals surface area contributed by atoms with E-state index >= 15 is 0 Å². The minimum Gasteiger partial charge on any atom is -0.299 e. The summed E-state index contributed by atoms with van der Waals surface area (Å²) >= 11 is 0. The molecule has 3 aromatic rings. The van der Waals surface area contributed by atoms with Crippen molar-refractivity contribution in [2.45, 2.75) is 25.7 Å². The van der Waals surface area contributed by atoms with Crippen molar-refractivity contribution in [2.75, 3.05) is 0 Å². The molecule has 0 amide bonds. The quantitative estimate of drug-likeness (QED) is 0.622. The molecule has 0 spiro atoms. The van der Waals surface area contributed by atoms with E-state index in [4.69, 9.17) is 0 Å². The number of benzene rings is 3. The van der Waals surface area contributed by atoms with Gasteiger partial charge in [-0.15, -0.1) is 0 Å². The summed E-state index contributed by atoms with van der Waals surface area (Å²) < 4.78 is 0. The summed E-state index contributed by atoms with van der Waals surface area (Å²) in [5.41, 5.74) is 3.69. The maximum absolute atomic E-state index is 12.5. The molecule has 0 N–H and O–H groups in total. The molecule has 0 saturated heterocycles. The molecule has 0 aliphatic rings. The van der Waals surface area contributed by atoms with Crippen LogP contribution in [0, 0.1) is 0 Å². The Morgan fingerprint density at radius 1 is 0.538 bits per heavy atom. The van der Waals surface area contributed by atoms with Crippen LogP contribution < -0.4 is 0 Å². The van der Waals surface area contributed by atoms with Crippen LogP contribution in [0.3, 0.4) is 0 Å². The molecule has 3 aromatic carbocycles. The number of carbonyl (C=O) groups is 2. The lowest BCUT2D eigenvalue weighted by Gasteiger charge is -2.23. The van der Waals surface area contributed by atoms with Crippen LogP contribution in [0.1, 0.15) is 47.9 Å². The van der Waals surface area contributed by atoms with Gasteiger partial charge in [0.2, 0.25) is 0 Å². The van der Waals surface area contributed by atoms with Crippen molar-refractivity contribution in [3.8, 4) is 0 Å². The van der Waals surface area contributed by atoms with Crippen molar-refractivity contribution in [1.29, 1.82) is 0 Å². The lowest BCUT2D eigenvalue weighted by molar-refractivity contribution is -0.118. The highest BCUT2D eigenvalue weighted by atomic mass is 16.1. The van der Waals surface area contributed by atoms with Gasteiger partial charge in [-0.2, -0.15) is 0 Å². The van der Waals surface area contributed by atoms with Crippen molar-refractivity contribution in [3.63, 3.8) is 0 Å². The third-order valence-corrected chi connectivity index (χ3v) is 4.70. The zero-order valence-corrected chi connectivity index (χ0v) is 15.1. The summed E-state index contributed by atoms with van der Waals surface area (Å²) in [4.78, 5) is 25.1. The first-order valence-corrected chi connectivity index (χ1v) is 8.79. The second-order valence-electron chi connectivity index (χ2n) is 6.54. The Kier molecular flexibility index (Phi) is 5.43. The van der Waals surface area contributed by atoms with E-state index < -0.39 is 0 Å². The minimum atomic E-state index is -0.377. The summed E-state index contributed by atoms with van der Waals surface area (Å²) in [6, 6.07) is 27.3. The maximum atomic E-state index is 12.5. The molecule has 0 bridgehead atoms. The lowest BCUT2D eigenvalue weighted by Crippen LogP contribution is -2.18. The van der Waals surface area contributed by atoms with E-state index in [0.29, 0.717) is 0 Å². The second-order valence-corrected chi connectivity index (χ2v) is 6.54. The Hall–Kier alpha value is -3.00. The monoisotopic (exact) mass is 342 g/mol. The van der Waals surface area contributed by atoms with E-state index in [1.807, 2.05) is 84.9 Å². The molecule has 0 radical (unpaired) electrons. The summed E-state index contributed by atoms with van der Waals surface area (Å²) in [7, 11) is 0. The summed E-state index contributed by atoms with van der Waals surface area (Å²) in [6.45, 7) is 3.22. The molecule has 0 aliphatic heterocycles. The molecule has 3 rings (SSSR count).